The summed E-state index contributed by atoms with van der Waals surface area (Å²) in [4.78, 5) is 0. The number of anilines is 1. The van der Waals surface area contributed by atoms with Crippen LogP contribution in [0.3, 0.4) is 0 Å². The van der Waals surface area contributed by atoms with Crippen molar-refractivity contribution in [3.05, 3.63) is 76.0 Å². The number of hydrogen-bond donors (Lipinski definition) is 2. The smallest absolute Gasteiger partial charge is 0.163 e. The van der Waals surface area contributed by atoms with Gasteiger partial charge < -0.3 is 10.4 Å². The van der Waals surface area contributed by atoms with E-state index in [-0.39, 0.29) is 17.2 Å². The lowest BCUT2D eigenvalue weighted by molar-refractivity contribution is 0.0195. The largest absolute Gasteiger partial charge is 0.380 e. The second kappa shape index (κ2) is 8.80. The van der Waals surface area contributed by atoms with E-state index in [0.29, 0.717) is 16.3 Å². The number of benzene rings is 2. The molecule has 1 saturated carbocycles. The molecule has 0 saturated heterocycles. The monoisotopic (exact) mass is 402 g/mol. The summed E-state index contributed by atoms with van der Waals surface area (Å²) < 4.78 is 0. The van der Waals surface area contributed by atoms with E-state index in [0.717, 1.165) is 31.2 Å². The van der Waals surface area contributed by atoms with Gasteiger partial charge in [0.05, 0.1) is 0 Å². The Balaban J connectivity index is 2.21. The fourth-order valence-corrected chi connectivity index (χ4v) is 4.18. The first kappa shape index (κ1) is 20.4. The summed E-state index contributed by atoms with van der Waals surface area (Å²) in [6, 6.07) is 19.7. The standard InChI is InChI=1S/C23H19ClN4O/c24-19-10-11-21(28-22(15-27)16(13-25)14-26)20(12-19)23(29,18-8-4-5-9-18)17-6-2-1-3-7-17/h1-3,6-7,10-12,18,28-29H,4-5,8-9H2. The van der Waals surface area contributed by atoms with Gasteiger partial charge >= 0.3 is 0 Å². The molecule has 1 aliphatic carbocycles. The van der Waals surface area contributed by atoms with Crippen molar-refractivity contribution in [3.63, 3.8) is 0 Å². The molecule has 29 heavy (non-hydrogen) atoms. The Labute approximate surface area is 175 Å². The minimum absolute atomic E-state index is 0.0233. The summed E-state index contributed by atoms with van der Waals surface area (Å²) in [5.41, 5.74) is -0.123. The van der Waals surface area contributed by atoms with Crippen LogP contribution in [-0.4, -0.2) is 5.11 Å². The van der Waals surface area contributed by atoms with Crippen LogP contribution in [0, 0.1) is 39.9 Å². The van der Waals surface area contributed by atoms with Crippen molar-refractivity contribution >= 4 is 17.3 Å². The van der Waals surface area contributed by atoms with Crippen LogP contribution >= 0.6 is 11.6 Å². The SMILES string of the molecule is N#CC(C#N)=C(C#N)Nc1ccc(Cl)cc1C(O)(c1ccccc1)C1CCCC1. The third-order valence-electron chi connectivity index (χ3n) is 5.40. The molecule has 6 heteroatoms. The summed E-state index contributed by atoms with van der Waals surface area (Å²) >= 11 is 6.28. The van der Waals surface area contributed by atoms with Gasteiger partial charge in [0, 0.05) is 16.3 Å². The van der Waals surface area contributed by atoms with Crippen molar-refractivity contribution in [1.29, 1.82) is 15.8 Å². The molecular weight excluding hydrogens is 384 g/mol. The summed E-state index contributed by atoms with van der Waals surface area (Å²) in [6.45, 7) is 0. The highest BCUT2D eigenvalue weighted by Crippen LogP contribution is 2.47. The zero-order chi connectivity index (χ0) is 20.9. The van der Waals surface area contributed by atoms with E-state index in [9.17, 15) is 10.4 Å². The van der Waals surface area contributed by atoms with Gasteiger partial charge in [-0.2, -0.15) is 15.8 Å². The van der Waals surface area contributed by atoms with E-state index in [1.54, 1.807) is 30.3 Å². The number of halogens is 1. The quantitative estimate of drug-likeness (QED) is 0.684. The van der Waals surface area contributed by atoms with E-state index in [2.05, 4.69) is 5.32 Å². The van der Waals surface area contributed by atoms with Crippen molar-refractivity contribution in [2.75, 3.05) is 5.32 Å². The average Bonchev–Trinajstić information content (AvgIpc) is 3.30. The van der Waals surface area contributed by atoms with Crippen LogP contribution in [0.15, 0.2) is 59.8 Å². The first-order valence-electron chi connectivity index (χ1n) is 9.34. The predicted octanol–water partition coefficient (Wildman–Crippen LogP) is 5.00. The number of hydrogen-bond acceptors (Lipinski definition) is 5. The van der Waals surface area contributed by atoms with Gasteiger partial charge in [-0.3, -0.25) is 0 Å². The van der Waals surface area contributed by atoms with E-state index < -0.39 is 5.60 Å². The first-order valence-corrected chi connectivity index (χ1v) is 9.72. The Morgan fingerprint density at radius 1 is 1.00 bits per heavy atom. The van der Waals surface area contributed by atoms with Gasteiger partial charge in [0.15, 0.2) is 5.57 Å². The lowest BCUT2D eigenvalue weighted by atomic mass is 9.74. The second-order valence-corrected chi connectivity index (χ2v) is 7.45. The molecule has 2 aromatic carbocycles. The highest BCUT2D eigenvalue weighted by atomic mass is 35.5. The molecule has 1 atom stereocenters. The molecular formula is C23H19ClN4O. The van der Waals surface area contributed by atoms with Crippen LogP contribution in [0.1, 0.15) is 36.8 Å². The Morgan fingerprint density at radius 2 is 1.66 bits per heavy atom. The highest BCUT2D eigenvalue weighted by molar-refractivity contribution is 6.30. The maximum absolute atomic E-state index is 12.1. The van der Waals surface area contributed by atoms with Gasteiger partial charge in [-0.25, -0.2) is 0 Å². The zero-order valence-corrected chi connectivity index (χ0v) is 16.4. The summed E-state index contributed by atoms with van der Waals surface area (Å²) in [5, 5.41) is 43.1. The van der Waals surface area contributed by atoms with Gasteiger partial charge in [-0.1, -0.05) is 54.8 Å². The summed E-state index contributed by atoms with van der Waals surface area (Å²) in [5.74, 6) is -0.0233. The molecule has 2 N–H and O–H groups in total. The molecule has 3 rings (SSSR count). The molecule has 0 aromatic heterocycles. The van der Waals surface area contributed by atoms with Crippen LogP contribution in [-0.2, 0) is 5.60 Å². The topological polar surface area (TPSA) is 104 Å². The van der Waals surface area contributed by atoms with Crippen LogP contribution < -0.4 is 5.32 Å². The number of nitriles is 3. The van der Waals surface area contributed by atoms with Gasteiger partial charge in [0.1, 0.15) is 29.5 Å². The van der Waals surface area contributed by atoms with E-state index >= 15 is 0 Å². The summed E-state index contributed by atoms with van der Waals surface area (Å²) in [6.07, 6.45) is 3.78. The Morgan fingerprint density at radius 3 is 2.24 bits per heavy atom. The lowest BCUT2D eigenvalue weighted by Gasteiger charge is -2.37. The Bertz CT molecular complexity index is 1040. The van der Waals surface area contributed by atoms with Crippen molar-refractivity contribution < 1.29 is 5.11 Å². The van der Waals surface area contributed by atoms with Crippen molar-refractivity contribution in [2.45, 2.75) is 31.3 Å². The molecule has 1 fully saturated rings. The van der Waals surface area contributed by atoms with Crippen LogP contribution in [0.2, 0.25) is 5.02 Å². The van der Waals surface area contributed by atoms with Gasteiger partial charge in [0.2, 0.25) is 0 Å². The van der Waals surface area contributed by atoms with Gasteiger partial charge in [-0.15, -0.1) is 0 Å². The number of rotatable bonds is 5. The number of allylic oxidation sites excluding steroid dienone is 2. The minimum Gasteiger partial charge on any atom is -0.380 e. The Hall–Kier alpha value is -3.30. The molecule has 1 unspecified atom stereocenters. The van der Waals surface area contributed by atoms with Crippen LogP contribution in [0.5, 0.6) is 0 Å². The fourth-order valence-electron chi connectivity index (χ4n) is 4.01. The third-order valence-corrected chi connectivity index (χ3v) is 5.63. The maximum atomic E-state index is 12.1. The fraction of sp³-hybridized carbons (Fsp3) is 0.261. The maximum Gasteiger partial charge on any atom is 0.163 e. The van der Waals surface area contributed by atoms with Crippen molar-refractivity contribution in [2.24, 2.45) is 5.92 Å². The molecule has 0 heterocycles. The van der Waals surface area contributed by atoms with E-state index in [1.165, 1.54) is 0 Å². The van der Waals surface area contributed by atoms with Gasteiger partial charge in [0.25, 0.3) is 0 Å². The lowest BCUT2D eigenvalue weighted by Crippen LogP contribution is -2.36. The molecule has 0 radical (unpaired) electrons. The van der Waals surface area contributed by atoms with Crippen molar-refractivity contribution in [1.82, 2.24) is 0 Å². The predicted molar refractivity (Wildman–Crippen MR) is 110 cm³/mol. The average molecular weight is 403 g/mol. The molecule has 0 amide bonds. The summed E-state index contributed by atoms with van der Waals surface area (Å²) in [7, 11) is 0. The molecule has 0 spiro atoms. The van der Waals surface area contributed by atoms with E-state index in [4.69, 9.17) is 22.1 Å². The van der Waals surface area contributed by atoms with Crippen LogP contribution in [0.25, 0.3) is 0 Å². The number of nitrogens with one attached hydrogen (secondary N) is 1. The normalized spacial score (nSPS) is 15.4. The zero-order valence-electron chi connectivity index (χ0n) is 15.7. The molecule has 144 valence electrons. The van der Waals surface area contributed by atoms with Gasteiger partial charge in [-0.05, 0) is 42.5 Å². The number of aliphatic hydroxyl groups is 1. The van der Waals surface area contributed by atoms with Crippen molar-refractivity contribution in [3.8, 4) is 18.2 Å². The second-order valence-electron chi connectivity index (χ2n) is 7.01. The molecule has 0 aliphatic heterocycles. The minimum atomic E-state index is -1.33. The van der Waals surface area contributed by atoms with Crippen LogP contribution in [0.4, 0.5) is 5.69 Å². The number of nitrogens with zero attached hydrogens (tertiary/aromatic N) is 3. The molecule has 0 bridgehead atoms. The molecule has 1 aliphatic rings. The Kier molecular flexibility index (Phi) is 6.20. The highest BCUT2D eigenvalue weighted by Gasteiger charge is 2.43. The first-order chi connectivity index (χ1) is 14.0. The third kappa shape index (κ3) is 3.96. The molecule has 2 aromatic rings. The van der Waals surface area contributed by atoms with E-state index in [1.807, 2.05) is 36.4 Å². The molecule has 5 nitrogen and oxygen atoms in total.